The van der Waals surface area contributed by atoms with Crippen molar-refractivity contribution in [3.63, 3.8) is 0 Å². The van der Waals surface area contributed by atoms with Crippen molar-refractivity contribution >= 4 is 23.2 Å². The third-order valence-electron chi connectivity index (χ3n) is 4.62. The minimum atomic E-state index is -0.417. The number of carbonyl (C=O) groups excluding carboxylic acids is 2. The maximum Gasteiger partial charge on any atom is 0.273 e. The number of carbonyl (C=O) groups is 2. The van der Waals surface area contributed by atoms with Crippen molar-refractivity contribution in [2.75, 3.05) is 19.8 Å². The number of primary amides is 1. The number of amides is 2. The fourth-order valence-corrected chi connectivity index (χ4v) is 4.36. The molecular weight excluding hydrogens is 314 g/mol. The van der Waals surface area contributed by atoms with E-state index in [9.17, 15) is 9.59 Å². The van der Waals surface area contributed by atoms with E-state index in [-0.39, 0.29) is 18.4 Å². The van der Waals surface area contributed by atoms with Gasteiger partial charge < -0.3 is 15.4 Å². The molecule has 1 aliphatic carbocycles. The number of hydrogen-bond acceptors (Lipinski definition) is 5. The second-order valence-corrected chi connectivity index (χ2v) is 7.19. The van der Waals surface area contributed by atoms with Crippen LogP contribution in [0.25, 0.3) is 0 Å². The third-order valence-corrected chi connectivity index (χ3v) is 5.63. The van der Waals surface area contributed by atoms with Crippen molar-refractivity contribution in [3.05, 3.63) is 16.1 Å². The van der Waals surface area contributed by atoms with Gasteiger partial charge in [0.05, 0.1) is 24.3 Å². The Bertz CT molecular complexity index is 569. The minimum Gasteiger partial charge on any atom is -0.377 e. The Balaban J connectivity index is 1.71. The van der Waals surface area contributed by atoms with Crippen LogP contribution in [-0.4, -0.2) is 47.5 Å². The molecule has 126 valence electrons. The molecule has 23 heavy (non-hydrogen) atoms. The Kier molecular flexibility index (Phi) is 5.27. The first kappa shape index (κ1) is 16.4. The van der Waals surface area contributed by atoms with Crippen molar-refractivity contribution < 1.29 is 14.3 Å². The van der Waals surface area contributed by atoms with Crippen LogP contribution in [-0.2, 0) is 9.53 Å². The number of hydrogen-bond donors (Lipinski definition) is 1. The quantitative estimate of drug-likeness (QED) is 0.909. The summed E-state index contributed by atoms with van der Waals surface area (Å²) in [6, 6.07) is -0.284. The van der Waals surface area contributed by atoms with Crippen molar-refractivity contribution in [2.45, 2.75) is 50.5 Å². The highest BCUT2D eigenvalue weighted by molar-refractivity contribution is 7.09. The molecule has 2 aliphatic rings. The van der Waals surface area contributed by atoms with Crippen LogP contribution in [0.1, 0.15) is 59.9 Å². The highest BCUT2D eigenvalue weighted by Gasteiger charge is 2.31. The number of morpholine rings is 1. The van der Waals surface area contributed by atoms with Gasteiger partial charge >= 0.3 is 0 Å². The molecule has 1 aromatic heterocycles. The van der Waals surface area contributed by atoms with Gasteiger partial charge in [-0.2, -0.15) is 0 Å². The number of ether oxygens (including phenoxy) is 1. The van der Waals surface area contributed by atoms with E-state index in [4.69, 9.17) is 10.5 Å². The van der Waals surface area contributed by atoms with Gasteiger partial charge in [0.25, 0.3) is 5.91 Å². The molecule has 0 spiro atoms. The summed E-state index contributed by atoms with van der Waals surface area (Å²) in [4.78, 5) is 30.2. The van der Waals surface area contributed by atoms with Crippen molar-refractivity contribution in [1.82, 2.24) is 9.88 Å². The van der Waals surface area contributed by atoms with Crippen LogP contribution in [0.3, 0.4) is 0 Å². The van der Waals surface area contributed by atoms with E-state index in [1.165, 1.54) is 32.1 Å². The fourth-order valence-electron chi connectivity index (χ4n) is 3.39. The van der Waals surface area contributed by atoms with E-state index in [0.717, 1.165) is 5.01 Å². The molecule has 1 saturated carbocycles. The summed E-state index contributed by atoms with van der Waals surface area (Å²) in [7, 11) is 0. The Morgan fingerprint density at radius 2 is 2.13 bits per heavy atom. The molecule has 2 N–H and O–H groups in total. The molecule has 2 fully saturated rings. The summed E-state index contributed by atoms with van der Waals surface area (Å²) in [6.45, 7) is 1.32. The van der Waals surface area contributed by atoms with Crippen molar-refractivity contribution in [3.8, 4) is 0 Å². The Labute approximate surface area is 140 Å². The van der Waals surface area contributed by atoms with Crippen LogP contribution in [0, 0.1) is 0 Å². The van der Waals surface area contributed by atoms with E-state index in [1.54, 1.807) is 16.2 Å². The van der Waals surface area contributed by atoms with Crippen LogP contribution in [0.4, 0.5) is 0 Å². The average molecular weight is 337 g/mol. The molecule has 0 bridgehead atoms. The van der Waals surface area contributed by atoms with Gasteiger partial charge in [-0.05, 0) is 12.8 Å². The van der Waals surface area contributed by atoms with Crippen LogP contribution < -0.4 is 5.73 Å². The summed E-state index contributed by atoms with van der Waals surface area (Å²) in [5, 5.41) is 2.93. The largest absolute Gasteiger partial charge is 0.377 e. The number of rotatable bonds is 4. The van der Waals surface area contributed by atoms with Crippen LogP contribution in [0.15, 0.2) is 5.38 Å². The predicted molar refractivity (Wildman–Crippen MR) is 87.4 cm³/mol. The lowest BCUT2D eigenvalue weighted by Crippen LogP contribution is -2.50. The Morgan fingerprint density at radius 1 is 1.35 bits per heavy atom. The van der Waals surface area contributed by atoms with E-state index in [1.807, 2.05) is 5.38 Å². The maximum absolute atomic E-state index is 12.8. The topological polar surface area (TPSA) is 85.5 Å². The molecule has 1 unspecified atom stereocenters. The second kappa shape index (κ2) is 7.40. The average Bonchev–Trinajstić information content (AvgIpc) is 3.05. The van der Waals surface area contributed by atoms with Gasteiger partial charge in [-0.3, -0.25) is 9.59 Å². The molecule has 7 heteroatoms. The second-order valence-electron chi connectivity index (χ2n) is 6.30. The molecule has 1 aromatic rings. The molecule has 3 rings (SSSR count). The van der Waals surface area contributed by atoms with Gasteiger partial charge in [-0.1, -0.05) is 19.3 Å². The molecule has 0 radical (unpaired) electrons. The fraction of sp³-hybridized carbons (Fsp3) is 0.688. The molecule has 2 amide bonds. The normalized spacial score (nSPS) is 23.0. The lowest BCUT2D eigenvalue weighted by molar-refractivity contribution is -0.120. The monoisotopic (exact) mass is 337 g/mol. The summed E-state index contributed by atoms with van der Waals surface area (Å²) in [5.74, 6) is -0.0289. The van der Waals surface area contributed by atoms with Gasteiger partial charge in [0.15, 0.2) is 0 Å². The Hall–Kier alpha value is -1.47. The molecule has 2 heterocycles. The first-order valence-electron chi connectivity index (χ1n) is 8.27. The molecular formula is C16H23N3O3S. The van der Waals surface area contributed by atoms with Gasteiger partial charge in [0.2, 0.25) is 5.91 Å². The van der Waals surface area contributed by atoms with Crippen LogP contribution >= 0.6 is 11.3 Å². The molecule has 1 atom stereocenters. The highest BCUT2D eigenvalue weighted by atomic mass is 32.1. The lowest BCUT2D eigenvalue weighted by Gasteiger charge is -2.34. The van der Waals surface area contributed by atoms with Crippen molar-refractivity contribution in [1.29, 1.82) is 0 Å². The SMILES string of the molecule is NC(=O)CC1COCCN1C(=O)c1csc(C2CCCCC2)n1. The first-order chi connectivity index (χ1) is 11.1. The van der Waals surface area contributed by atoms with Crippen LogP contribution in [0.5, 0.6) is 0 Å². The zero-order valence-electron chi connectivity index (χ0n) is 13.2. The van der Waals surface area contributed by atoms with E-state index >= 15 is 0 Å². The highest BCUT2D eigenvalue weighted by Crippen LogP contribution is 2.34. The van der Waals surface area contributed by atoms with E-state index < -0.39 is 5.91 Å². The minimum absolute atomic E-state index is 0.113. The summed E-state index contributed by atoms with van der Waals surface area (Å²) in [6.07, 6.45) is 6.27. The molecule has 0 aromatic carbocycles. The summed E-state index contributed by atoms with van der Waals surface area (Å²) >= 11 is 1.58. The zero-order chi connectivity index (χ0) is 16.2. The van der Waals surface area contributed by atoms with E-state index in [2.05, 4.69) is 4.98 Å². The van der Waals surface area contributed by atoms with Gasteiger partial charge in [0.1, 0.15) is 5.69 Å². The van der Waals surface area contributed by atoms with Crippen molar-refractivity contribution in [2.24, 2.45) is 5.73 Å². The summed E-state index contributed by atoms with van der Waals surface area (Å²) in [5.41, 5.74) is 5.77. The molecule has 6 nitrogen and oxygen atoms in total. The number of nitrogens with zero attached hydrogens (tertiary/aromatic N) is 2. The summed E-state index contributed by atoms with van der Waals surface area (Å²) < 4.78 is 5.38. The van der Waals surface area contributed by atoms with E-state index in [0.29, 0.717) is 31.4 Å². The van der Waals surface area contributed by atoms with Gasteiger partial charge in [-0.25, -0.2) is 4.98 Å². The smallest absolute Gasteiger partial charge is 0.273 e. The zero-order valence-corrected chi connectivity index (χ0v) is 14.0. The van der Waals surface area contributed by atoms with Gasteiger partial charge in [-0.15, -0.1) is 11.3 Å². The Morgan fingerprint density at radius 3 is 2.87 bits per heavy atom. The number of aromatic nitrogens is 1. The maximum atomic E-state index is 12.8. The number of nitrogens with two attached hydrogens (primary N) is 1. The standard InChI is InChI=1S/C16H23N3O3S/c17-14(20)8-12-9-22-7-6-19(12)16(21)13-10-23-15(18-13)11-4-2-1-3-5-11/h10-12H,1-9H2,(H2,17,20). The lowest BCUT2D eigenvalue weighted by atomic mass is 9.90. The number of thiazole rings is 1. The van der Waals surface area contributed by atoms with Gasteiger partial charge in [0, 0.05) is 24.3 Å². The first-order valence-corrected chi connectivity index (χ1v) is 9.15. The van der Waals surface area contributed by atoms with Crippen LogP contribution in [0.2, 0.25) is 0 Å². The third kappa shape index (κ3) is 3.90. The molecule has 1 aliphatic heterocycles. The molecule has 1 saturated heterocycles. The predicted octanol–water partition coefficient (Wildman–Crippen LogP) is 1.91.